The van der Waals surface area contributed by atoms with E-state index in [4.69, 9.17) is 15.6 Å². The fourth-order valence-corrected chi connectivity index (χ4v) is 2.15. The van der Waals surface area contributed by atoms with Crippen molar-refractivity contribution in [1.82, 2.24) is 4.98 Å². The number of hydrogen-bond acceptors (Lipinski definition) is 5. The molecule has 0 radical (unpaired) electrons. The van der Waals surface area contributed by atoms with Crippen LogP contribution in [0, 0.1) is 6.92 Å². The van der Waals surface area contributed by atoms with Gasteiger partial charge in [-0.05, 0) is 19.4 Å². The van der Waals surface area contributed by atoms with Crippen molar-refractivity contribution in [3.63, 3.8) is 0 Å². The van der Waals surface area contributed by atoms with Crippen LogP contribution in [0.3, 0.4) is 0 Å². The molecule has 6 heteroatoms. The third-order valence-corrected chi connectivity index (χ3v) is 3.27. The molecule has 1 atom stereocenters. The highest BCUT2D eigenvalue weighted by molar-refractivity contribution is 5.81. The molecular formula is C12H17N3O3. The number of pyridine rings is 1. The maximum absolute atomic E-state index is 11.1. The predicted molar refractivity (Wildman–Crippen MR) is 66.9 cm³/mol. The first-order chi connectivity index (χ1) is 8.46. The number of hydrogen-bond donors (Lipinski definition) is 2. The molecule has 1 saturated heterocycles. The third kappa shape index (κ3) is 2.11. The Labute approximate surface area is 105 Å². The summed E-state index contributed by atoms with van der Waals surface area (Å²) in [6.07, 6.45) is 2.06. The Morgan fingerprint density at radius 3 is 2.94 bits per heavy atom. The zero-order valence-corrected chi connectivity index (χ0v) is 10.5. The summed E-state index contributed by atoms with van der Waals surface area (Å²) in [4.78, 5) is 17.2. The van der Waals surface area contributed by atoms with Crippen molar-refractivity contribution in [2.24, 2.45) is 5.73 Å². The van der Waals surface area contributed by atoms with Gasteiger partial charge in [0.15, 0.2) is 5.75 Å². The molecule has 2 rings (SSSR count). The molecule has 1 aliphatic heterocycles. The second-order valence-electron chi connectivity index (χ2n) is 4.63. The van der Waals surface area contributed by atoms with Crippen LogP contribution >= 0.6 is 0 Å². The van der Waals surface area contributed by atoms with Gasteiger partial charge in [0.2, 0.25) is 0 Å². The quantitative estimate of drug-likeness (QED) is 0.808. The van der Waals surface area contributed by atoms with Gasteiger partial charge in [0.25, 0.3) is 0 Å². The maximum Gasteiger partial charge on any atom is 0.325 e. The van der Waals surface area contributed by atoms with Crippen LogP contribution in [0.4, 0.5) is 5.69 Å². The smallest absolute Gasteiger partial charge is 0.325 e. The van der Waals surface area contributed by atoms with Crippen molar-refractivity contribution in [3.05, 3.63) is 18.0 Å². The van der Waals surface area contributed by atoms with Crippen LogP contribution in [0.2, 0.25) is 0 Å². The van der Waals surface area contributed by atoms with E-state index >= 15 is 0 Å². The normalized spacial score (nSPS) is 23.2. The summed E-state index contributed by atoms with van der Waals surface area (Å²) in [7, 11) is 1.57. The summed E-state index contributed by atoms with van der Waals surface area (Å²) in [5.41, 5.74) is 6.39. The van der Waals surface area contributed by atoms with Crippen LogP contribution in [0.5, 0.6) is 5.75 Å². The molecular weight excluding hydrogens is 234 g/mol. The zero-order valence-electron chi connectivity index (χ0n) is 10.5. The van der Waals surface area contributed by atoms with Gasteiger partial charge in [-0.15, -0.1) is 0 Å². The second kappa shape index (κ2) is 4.45. The minimum Gasteiger partial charge on any atom is -0.493 e. The van der Waals surface area contributed by atoms with Crippen LogP contribution < -0.4 is 15.4 Å². The van der Waals surface area contributed by atoms with E-state index < -0.39 is 11.5 Å². The number of aryl methyl sites for hydroxylation is 1. The van der Waals surface area contributed by atoms with Crippen LogP contribution in [-0.2, 0) is 4.79 Å². The van der Waals surface area contributed by atoms with Gasteiger partial charge in [-0.2, -0.15) is 0 Å². The predicted octanol–water partition coefficient (Wildman–Crippen LogP) is 0.391. The fourth-order valence-electron chi connectivity index (χ4n) is 2.15. The minimum atomic E-state index is -1.18. The number of rotatable bonds is 3. The lowest BCUT2D eigenvalue weighted by atomic mass is 10.0. The van der Waals surface area contributed by atoms with E-state index in [2.05, 4.69) is 4.98 Å². The Balaban J connectivity index is 2.29. The number of aliphatic carboxylic acids is 1. The first kappa shape index (κ1) is 12.6. The fraction of sp³-hybridized carbons (Fsp3) is 0.500. The summed E-state index contributed by atoms with van der Waals surface area (Å²) in [5, 5.41) is 9.12. The van der Waals surface area contributed by atoms with Gasteiger partial charge in [0.1, 0.15) is 5.54 Å². The molecule has 1 aromatic heterocycles. The Morgan fingerprint density at radius 2 is 2.39 bits per heavy atom. The molecule has 0 spiro atoms. The highest BCUT2D eigenvalue weighted by Gasteiger charge is 2.42. The highest BCUT2D eigenvalue weighted by Crippen LogP contribution is 2.32. The number of ether oxygens (including phenoxy) is 1. The molecule has 0 amide bonds. The summed E-state index contributed by atoms with van der Waals surface area (Å²) in [6, 6.07) is 1.88. The summed E-state index contributed by atoms with van der Waals surface area (Å²) in [5.74, 6) is -0.329. The largest absolute Gasteiger partial charge is 0.493 e. The van der Waals surface area contributed by atoms with Gasteiger partial charge < -0.3 is 20.5 Å². The van der Waals surface area contributed by atoms with E-state index in [9.17, 15) is 4.79 Å². The molecule has 0 aliphatic carbocycles. The molecule has 1 aromatic rings. The van der Waals surface area contributed by atoms with E-state index in [0.29, 0.717) is 18.7 Å². The Bertz CT molecular complexity index is 478. The molecule has 18 heavy (non-hydrogen) atoms. The van der Waals surface area contributed by atoms with Gasteiger partial charge in [-0.1, -0.05) is 0 Å². The van der Waals surface area contributed by atoms with Crippen molar-refractivity contribution in [1.29, 1.82) is 0 Å². The molecule has 6 nitrogen and oxygen atoms in total. The lowest BCUT2D eigenvalue weighted by molar-refractivity contribution is -0.142. The number of nitrogens with zero attached hydrogens (tertiary/aromatic N) is 2. The van der Waals surface area contributed by atoms with Crippen LogP contribution in [0.1, 0.15) is 12.1 Å². The lowest BCUT2D eigenvalue weighted by Crippen LogP contribution is -2.50. The van der Waals surface area contributed by atoms with Gasteiger partial charge in [-0.25, -0.2) is 0 Å². The summed E-state index contributed by atoms with van der Waals surface area (Å²) in [6.45, 7) is 2.76. The highest BCUT2D eigenvalue weighted by atomic mass is 16.5. The molecule has 3 N–H and O–H groups in total. The monoisotopic (exact) mass is 251 g/mol. The molecule has 1 aliphatic rings. The van der Waals surface area contributed by atoms with Crippen molar-refractivity contribution >= 4 is 11.7 Å². The number of carboxylic acids is 1. The number of nitrogens with two attached hydrogens (primary N) is 1. The maximum atomic E-state index is 11.1. The van der Waals surface area contributed by atoms with E-state index in [0.717, 1.165) is 11.4 Å². The van der Waals surface area contributed by atoms with E-state index in [-0.39, 0.29) is 6.54 Å². The van der Waals surface area contributed by atoms with Gasteiger partial charge in [0.05, 0.1) is 19.0 Å². The van der Waals surface area contributed by atoms with Crippen molar-refractivity contribution in [2.75, 3.05) is 25.1 Å². The number of methoxy groups -OCH3 is 1. The third-order valence-electron chi connectivity index (χ3n) is 3.27. The average Bonchev–Trinajstić information content (AvgIpc) is 2.73. The Hall–Kier alpha value is -1.82. The molecule has 1 fully saturated rings. The van der Waals surface area contributed by atoms with Gasteiger partial charge in [0, 0.05) is 18.8 Å². The number of anilines is 1. The Morgan fingerprint density at radius 1 is 1.67 bits per heavy atom. The van der Waals surface area contributed by atoms with Gasteiger partial charge in [-0.3, -0.25) is 9.78 Å². The molecule has 1 unspecified atom stereocenters. The van der Waals surface area contributed by atoms with Crippen molar-refractivity contribution < 1.29 is 14.6 Å². The van der Waals surface area contributed by atoms with Crippen LogP contribution in [0.25, 0.3) is 0 Å². The minimum absolute atomic E-state index is 0.280. The second-order valence-corrected chi connectivity index (χ2v) is 4.63. The number of carbonyl (C=O) groups is 1. The number of carboxylic acid groups (broad SMARTS) is 1. The summed E-state index contributed by atoms with van der Waals surface area (Å²) >= 11 is 0. The molecule has 0 bridgehead atoms. The lowest BCUT2D eigenvalue weighted by Gasteiger charge is -2.23. The van der Waals surface area contributed by atoms with Crippen LogP contribution in [-0.4, -0.2) is 41.8 Å². The van der Waals surface area contributed by atoms with Crippen molar-refractivity contribution in [3.8, 4) is 5.75 Å². The Kier molecular flexibility index (Phi) is 3.13. The van der Waals surface area contributed by atoms with Crippen LogP contribution in [0.15, 0.2) is 12.3 Å². The average molecular weight is 251 g/mol. The molecule has 0 saturated carbocycles. The topological polar surface area (TPSA) is 88.7 Å². The standard InChI is InChI=1S/C12H17N3O3/c1-8-5-9(10(18-2)6-14-8)15-4-3-12(13,7-15)11(16)17/h5-6H,3-4,7,13H2,1-2H3,(H,16,17). The molecule has 2 heterocycles. The number of aromatic nitrogens is 1. The molecule has 98 valence electrons. The van der Waals surface area contributed by atoms with Gasteiger partial charge >= 0.3 is 5.97 Å². The van der Waals surface area contributed by atoms with E-state index in [1.807, 2.05) is 17.9 Å². The van der Waals surface area contributed by atoms with Crippen molar-refractivity contribution in [2.45, 2.75) is 18.9 Å². The van der Waals surface area contributed by atoms with E-state index in [1.54, 1.807) is 13.3 Å². The van der Waals surface area contributed by atoms with E-state index in [1.165, 1.54) is 0 Å². The summed E-state index contributed by atoms with van der Waals surface area (Å²) < 4.78 is 5.25. The molecule has 0 aromatic carbocycles. The zero-order chi connectivity index (χ0) is 13.3. The first-order valence-corrected chi connectivity index (χ1v) is 5.74. The first-order valence-electron chi connectivity index (χ1n) is 5.74. The SMILES string of the molecule is COc1cnc(C)cc1N1CCC(N)(C(=O)O)C1.